The fourth-order valence-electron chi connectivity index (χ4n) is 7.79. The molecule has 25 heavy (non-hydrogen) atoms. The van der Waals surface area contributed by atoms with E-state index in [0.29, 0.717) is 19.3 Å². The van der Waals surface area contributed by atoms with E-state index in [0.717, 1.165) is 12.8 Å². The van der Waals surface area contributed by atoms with Gasteiger partial charge >= 0.3 is 0 Å². The monoisotopic (exact) mass is 354 g/mol. The van der Waals surface area contributed by atoms with Gasteiger partial charge in [0.05, 0.1) is 23.9 Å². The Labute approximate surface area is 150 Å². The molecule has 0 aliphatic heterocycles. The molecule has 2 unspecified atom stereocenters. The molecule has 5 N–H and O–H groups in total. The molecule has 0 aromatic rings. The van der Waals surface area contributed by atoms with Gasteiger partial charge in [-0.25, -0.2) is 0 Å². The normalized spacial score (nSPS) is 63.0. The van der Waals surface area contributed by atoms with Crippen LogP contribution in [0.5, 0.6) is 0 Å². The van der Waals surface area contributed by atoms with Gasteiger partial charge in [-0.05, 0) is 56.8 Å². The molecule has 0 amide bonds. The molecule has 0 heterocycles. The van der Waals surface area contributed by atoms with Crippen molar-refractivity contribution in [1.29, 1.82) is 0 Å². The summed E-state index contributed by atoms with van der Waals surface area (Å²) in [6.07, 6.45) is 0.606. The van der Waals surface area contributed by atoms with E-state index in [1.807, 2.05) is 20.8 Å². The van der Waals surface area contributed by atoms with Gasteiger partial charge in [-0.15, -0.1) is 0 Å². The maximum atomic E-state index is 11.7. The van der Waals surface area contributed by atoms with Crippen LogP contribution in [-0.4, -0.2) is 55.0 Å². The molecule has 10 atom stereocenters. The van der Waals surface area contributed by atoms with Crippen molar-refractivity contribution in [3.8, 4) is 0 Å². The molecule has 5 nitrogen and oxygen atoms in total. The first-order valence-electron chi connectivity index (χ1n) is 9.88. The summed E-state index contributed by atoms with van der Waals surface area (Å²) in [5, 5.41) is 55.4. The Bertz CT molecular complexity index is 574. The molecule has 5 heteroatoms. The largest absolute Gasteiger partial charge is 0.392 e. The molecule has 2 bridgehead atoms. The molecule has 4 aliphatic carbocycles. The van der Waals surface area contributed by atoms with Crippen molar-refractivity contribution in [2.75, 3.05) is 0 Å². The molecule has 144 valence electrons. The summed E-state index contributed by atoms with van der Waals surface area (Å²) in [7, 11) is 0. The van der Waals surface area contributed by atoms with E-state index in [1.54, 1.807) is 0 Å². The minimum atomic E-state index is -1.37. The van der Waals surface area contributed by atoms with Crippen molar-refractivity contribution in [3.05, 3.63) is 0 Å². The third kappa shape index (κ3) is 1.92. The fourth-order valence-corrected chi connectivity index (χ4v) is 7.79. The molecule has 4 rings (SSSR count). The zero-order valence-corrected chi connectivity index (χ0v) is 15.8. The predicted octanol–water partition coefficient (Wildman–Crippen LogP) is 1.05. The van der Waals surface area contributed by atoms with Crippen LogP contribution < -0.4 is 0 Å². The van der Waals surface area contributed by atoms with Gasteiger partial charge in [0, 0.05) is 16.7 Å². The Balaban J connectivity index is 1.83. The molecule has 1 spiro atoms. The van der Waals surface area contributed by atoms with Crippen LogP contribution in [0.1, 0.15) is 59.8 Å². The highest BCUT2D eigenvalue weighted by molar-refractivity contribution is 5.22. The van der Waals surface area contributed by atoms with Gasteiger partial charge in [-0.1, -0.05) is 20.8 Å². The number of aliphatic hydroxyl groups excluding tert-OH is 3. The Morgan fingerprint density at radius 2 is 1.44 bits per heavy atom. The molecule has 4 aliphatic rings. The van der Waals surface area contributed by atoms with E-state index in [4.69, 9.17) is 0 Å². The van der Waals surface area contributed by atoms with Crippen LogP contribution in [-0.2, 0) is 0 Å². The van der Waals surface area contributed by atoms with Crippen LogP contribution in [0.15, 0.2) is 0 Å². The zero-order chi connectivity index (χ0) is 18.6. The topological polar surface area (TPSA) is 101 Å². The third-order valence-electron chi connectivity index (χ3n) is 9.24. The number of rotatable bonds is 0. The van der Waals surface area contributed by atoms with Crippen LogP contribution in [0.3, 0.4) is 0 Å². The first kappa shape index (κ1) is 18.2. The minimum Gasteiger partial charge on any atom is -0.392 e. The smallest absolute Gasteiger partial charge is 0.101 e. The van der Waals surface area contributed by atoms with Crippen LogP contribution in [0, 0.1) is 34.5 Å². The first-order valence-corrected chi connectivity index (χ1v) is 9.88. The van der Waals surface area contributed by atoms with Crippen LogP contribution in [0.4, 0.5) is 0 Å². The summed E-state index contributed by atoms with van der Waals surface area (Å²) in [4.78, 5) is 0. The number of aliphatic hydroxyl groups is 5. The predicted molar refractivity (Wildman–Crippen MR) is 92.5 cm³/mol. The molecular weight excluding hydrogens is 320 g/mol. The molecular formula is C20H34O5. The van der Waals surface area contributed by atoms with E-state index < -0.39 is 40.3 Å². The first-order chi connectivity index (χ1) is 11.4. The summed E-state index contributed by atoms with van der Waals surface area (Å²) in [5.41, 5.74) is -3.65. The maximum Gasteiger partial charge on any atom is 0.101 e. The molecule has 0 radical (unpaired) electrons. The Morgan fingerprint density at radius 1 is 0.840 bits per heavy atom. The van der Waals surface area contributed by atoms with Crippen molar-refractivity contribution in [1.82, 2.24) is 0 Å². The third-order valence-corrected chi connectivity index (χ3v) is 9.24. The van der Waals surface area contributed by atoms with E-state index in [9.17, 15) is 25.5 Å². The zero-order valence-electron chi connectivity index (χ0n) is 15.8. The lowest BCUT2D eigenvalue weighted by molar-refractivity contribution is -0.178. The lowest BCUT2D eigenvalue weighted by Gasteiger charge is -2.47. The molecule has 4 fully saturated rings. The van der Waals surface area contributed by atoms with Crippen molar-refractivity contribution >= 4 is 0 Å². The summed E-state index contributed by atoms with van der Waals surface area (Å²) in [6.45, 7) is 7.59. The van der Waals surface area contributed by atoms with Crippen molar-refractivity contribution < 1.29 is 25.5 Å². The summed E-state index contributed by atoms with van der Waals surface area (Å²) in [6, 6.07) is 0. The van der Waals surface area contributed by atoms with E-state index in [2.05, 4.69) is 6.92 Å². The van der Waals surface area contributed by atoms with Gasteiger partial charge in [0.15, 0.2) is 0 Å². The minimum absolute atomic E-state index is 0.0723. The Kier molecular flexibility index (Phi) is 3.63. The average Bonchev–Trinajstić information content (AvgIpc) is 2.71. The number of hydrogen-bond donors (Lipinski definition) is 5. The molecule has 0 saturated heterocycles. The number of hydrogen-bond acceptors (Lipinski definition) is 5. The van der Waals surface area contributed by atoms with Gasteiger partial charge < -0.3 is 25.5 Å². The van der Waals surface area contributed by atoms with Gasteiger partial charge in [0.2, 0.25) is 0 Å². The van der Waals surface area contributed by atoms with E-state index >= 15 is 0 Å². The lowest BCUT2D eigenvalue weighted by atomic mass is 9.59. The van der Waals surface area contributed by atoms with E-state index in [1.165, 1.54) is 0 Å². The Morgan fingerprint density at radius 3 is 2.08 bits per heavy atom. The highest BCUT2D eigenvalue weighted by Gasteiger charge is 2.72. The van der Waals surface area contributed by atoms with Crippen LogP contribution in [0.25, 0.3) is 0 Å². The second kappa shape index (κ2) is 4.99. The van der Waals surface area contributed by atoms with Crippen LogP contribution in [0.2, 0.25) is 0 Å². The summed E-state index contributed by atoms with van der Waals surface area (Å²) >= 11 is 0. The van der Waals surface area contributed by atoms with Gasteiger partial charge in [0.1, 0.15) is 5.60 Å². The quantitative estimate of drug-likeness (QED) is 0.448. The fraction of sp³-hybridized carbons (Fsp3) is 1.00. The van der Waals surface area contributed by atoms with Crippen molar-refractivity contribution in [3.63, 3.8) is 0 Å². The van der Waals surface area contributed by atoms with Crippen molar-refractivity contribution in [2.45, 2.75) is 89.3 Å². The second-order valence-electron chi connectivity index (χ2n) is 10.5. The Hall–Kier alpha value is -0.200. The van der Waals surface area contributed by atoms with Crippen LogP contribution >= 0.6 is 0 Å². The van der Waals surface area contributed by atoms with Gasteiger partial charge in [-0.3, -0.25) is 0 Å². The molecule has 0 aromatic heterocycles. The van der Waals surface area contributed by atoms with E-state index in [-0.39, 0.29) is 23.7 Å². The highest BCUT2D eigenvalue weighted by atomic mass is 16.4. The summed E-state index contributed by atoms with van der Waals surface area (Å²) < 4.78 is 0. The molecule has 0 aromatic carbocycles. The molecule has 4 saturated carbocycles. The van der Waals surface area contributed by atoms with Gasteiger partial charge in [-0.2, -0.15) is 0 Å². The lowest BCUT2D eigenvalue weighted by Crippen LogP contribution is -2.57. The van der Waals surface area contributed by atoms with Gasteiger partial charge in [0.25, 0.3) is 0 Å². The van der Waals surface area contributed by atoms with Crippen molar-refractivity contribution in [2.24, 2.45) is 34.5 Å². The second-order valence-corrected chi connectivity index (χ2v) is 10.5. The number of fused-ring (bicyclic) bond motifs is 2. The SMILES string of the molecule is C[C@H]1[C@@H]2CCC3C(O)[C@@]2(C[C@H](O)[C@@]2(O)[C@H]1C[C@H](O)C2(C)C)C[C@@]3(C)O. The highest BCUT2D eigenvalue weighted by Crippen LogP contribution is 2.68. The maximum absolute atomic E-state index is 11.7. The average molecular weight is 354 g/mol. The standard InChI is InChI=1S/C20H34O5/c1-10-11-5-6-12-16(23)19(11,9-18(12,4)24)8-15(22)20(25)13(10)7-14(21)17(20,2)3/h10-16,21-25H,5-9H2,1-4H3/t10-,11-,12?,13-,14-,15-,16?,18+,19-,20-/m0/s1. The summed E-state index contributed by atoms with van der Waals surface area (Å²) in [5.74, 6) is -0.147.